The average Bonchev–Trinajstić information content (AvgIpc) is 2.98. The molecular weight excluding hydrogens is 246 g/mol. The summed E-state index contributed by atoms with van der Waals surface area (Å²) in [6.45, 7) is 4.40. The van der Waals surface area contributed by atoms with E-state index < -0.39 is 11.9 Å². The normalized spacial score (nSPS) is 23.1. The molecule has 0 bridgehead atoms. The molecule has 2 unspecified atom stereocenters. The monoisotopic (exact) mass is 267 g/mol. The molecule has 0 aliphatic carbocycles. The van der Waals surface area contributed by atoms with Gasteiger partial charge in [-0.15, -0.1) is 0 Å². The number of imidazole rings is 1. The number of rotatable bonds is 6. The van der Waals surface area contributed by atoms with Crippen LogP contribution in [-0.4, -0.2) is 51.3 Å². The van der Waals surface area contributed by atoms with E-state index in [4.69, 9.17) is 4.74 Å². The molecular formula is C13H21N3O3. The fraction of sp³-hybridized carbons (Fsp3) is 0.692. The Labute approximate surface area is 113 Å². The molecule has 0 saturated carbocycles. The van der Waals surface area contributed by atoms with Crippen LogP contribution in [0.25, 0.3) is 0 Å². The molecule has 19 heavy (non-hydrogen) atoms. The Hall–Kier alpha value is -1.40. The van der Waals surface area contributed by atoms with Gasteiger partial charge in [-0.1, -0.05) is 6.92 Å². The van der Waals surface area contributed by atoms with Gasteiger partial charge >= 0.3 is 5.97 Å². The maximum absolute atomic E-state index is 11.3. The maximum Gasteiger partial charge on any atom is 0.310 e. The van der Waals surface area contributed by atoms with Gasteiger partial charge in [-0.05, 0) is 13.0 Å². The van der Waals surface area contributed by atoms with Gasteiger partial charge in [-0.25, -0.2) is 4.98 Å². The van der Waals surface area contributed by atoms with E-state index in [1.54, 1.807) is 6.20 Å². The highest BCUT2D eigenvalue weighted by Crippen LogP contribution is 2.22. The summed E-state index contributed by atoms with van der Waals surface area (Å²) >= 11 is 0. The number of hydrogen-bond donors (Lipinski definition) is 1. The quantitative estimate of drug-likeness (QED) is 0.823. The highest BCUT2D eigenvalue weighted by molar-refractivity contribution is 5.71. The van der Waals surface area contributed by atoms with Gasteiger partial charge in [0.05, 0.1) is 25.7 Å². The van der Waals surface area contributed by atoms with Gasteiger partial charge in [0.1, 0.15) is 5.82 Å². The van der Waals surface area contributed by atoms with Gasteiger partial charge in [-0.3, -0.25) is 9.69 Å². The highest BCUT2D eigenvalue weighted by atomic mass is 16.5. The van der Waals surface area contributed by atoms with Crippen molar-refractivity contribution >= 4 is 5.97 Å². The van der Waals surface area contributed by atoms with E-state index in [9.17, 15) is 9.90 Å². The Morgan fingerprint density at radius 1 is 1.63 bits per heavy atom. The lowest BCUT2D eigenvalue weighted by Crippen LogP contribution is -2.43. The van der Waals surface area contributed by atoms with E-state index in [0.717, 1.165) is 18.8 Å². The molecule has 2 rings (SSSR count). The molecule has 6 heteroatoms. The first-order valence-electron chi connectivity index (χ1n) is 6.64. The number of nitrogens with zero attached hydrogens (tertiary/aromatic N) is 3. The van der Waals surface area contributed by atoms with Crippen molar-refractivity contribution in [1.82, 2.24) is 14.5 Å². The molecule has 106 valence electrons. The van der Waals surface area contributed by atoms with Gasteiger partial charge in [0.25, 0.3) is 0 Å². The molecule has 1 fully saturated rings. The number of carboxylic acid groups (broad SMARTS) is 1. The minimum atomic E-state index is -0.775. The molecule has 0 radical (unpaired) electrons. The maximum atomic E-state index is 11.3. The first-order chi connectivity index (χ1) is 9.13. The first-order valence-corrected chi connectivity index (χ1v) is 6.64. The largest absolute Gasteiger partial charge is 0.481 e. The fourth-order valence-electron chi connectivity index (χ4n) is 2.52. The van der Waals surface area contributed by atoms with Gasteiger partial charge in [0.15, 0.2) is 0 Å². The van der Waals surface area contributed by atoms with Crippen LogP contribution in [0.5, 0.6) is 0 Å². The Morgan fingerprint density at radius 3 is 3.00 bits per heavy atom. The summed E-state index contributed by atoms with van der Waals surface area (Å²) in [5, 5.41) is 9.25. The van der Waals surface area contributed by atoms with Gasteiger partial charge in [0.2, 0.25) is 0 Å². The zero-order valence-corrected chi connectivity index (χ0v) is 11.5. The molecule has 1 N–H and O–H groups in total. The van der Waals surface area contributed by atoms with Crippen molar-refractivity contribution in [3.63, 3.8) is 0 Å². The fourth-order valence-corrected chi connectivity index (χ4v) is 2.52. The SMILES string of the molecule is CCCN(Cc1nccn1C)C1COCC1C(=O)O. The van der Waals surface area contributed by atoms with E-state index in [-0.39, 0.29) is 6.04 Å². The summed E-state index contributed by atoms with van der Waals surface area (Å²) < 4.78 is 7.32. The van der Waals surface area contributed by atoms with Crippen molar-refractivity contribution in [2.45, 2.75) is 25.9 Å². The molecule has 1 aromatic rings. The van der Waals surface area contributed by atoms with Crippen molar-refractivity contribution in [1.29, 1.82) is 0 Å². The van der Waals surface area contributed by atoms with Gasteiger partial charge in [-0.2, -0.15) is 0 Å². The van der Waals surface area contributed by atoms with Crippen molar-refractivity contribution in [3.8, 4) is 0 Å². The molecule has 0 amide bonds. The van der Waals surface area contributed by atoms with Crippen LogP contribution in [0.4, 0.5) is 0 Å². The summed E-state index contributed by atoms with van der Waals surface area (Å²) in [7, 11) is 1.95. The van der Waals surface area contributed by atoms with Crippen LogP contribution in [0, 0.1) is 5.92 Å². The van der Waals surface area contributed by atoms with E-state index >= 15 is 0 Å². The van der Waals surface area contributed by atoms with Crippen molar-refractivity contribution in [2.75, 3.05) is 19.8 Å². The molecule has 0 spiro atoms. The average molecular weight is 267 g/mol. The van der Waals surface area contributed by atoms with E-state index in [2.05, 4.69) is 16.8 Å². The van der Waals surface area contributed by atoms with Crippen molar-refractivity contribution in [3.05, 3.63) is 18.2 Å². The second kappa shape index (κ2) is 6.16. The minimum Gasteiger partial charge on any atom is -0.481 e. The smallest absolute Gasteiger partial charge is 0.310 e. The van der Waals surface area contributed by atoms with Gasteiger partial charge in [0, 0.05) is 25.5 Å². The molecule has 1 aliphatic heterocycles. The summed E-state index contributed by atoms with van der Waals surface area (Å²) in [4.78, 5) is 17.7. The zero-order chi connectivity index (χ0) is 13.8. The van der Waals surface area contributed by atoms with Crippen LogP contribution in [-0.2, 0) is 23.1 Å². The topological polar surface area (TPSA) is 67.6 Å². The Bertz CT molecular complexity index is 433. The lowest BCUT2D eigenvalue weighted by molar-refractivity contribution is -0.143. The lowest BCUT2D eigenvalue weighted by Gasteiger charge is -2.29. The highest BCUT2D eigenvalue weighted by Gasteiger charge is 2.37. The second-order valence-corrected chi connectivity index (χ2v) is 4.97. The number of hydrogen-bond acceptors (Lipinski definition) is 4. The standard InChI is InChI=1S/C13H21N3O3/c1-3-5-16(7-12-14-4-6-15(12)2)11-9-19-8-10(11)13(17)18/h4,6,10-11H,3,5,7-9H2,1-2H3,(H,17,18). The predicted octanol–water partition coefficient (Wildman–Crippen LogP) is 0.732. The summed E-state index contributed by atoms with van der Waals surface area (Å²) in [6, 6.07) is -0.0610. The van der Waals surface area contributed by atoms with Crippen LogP contribution < -0.4 is 0 Å². The predicted molar refractivity (Wildman–Crippen MR) is 69.6 cm³/mol. The number of aryl methyl sites for hydroxylation is 1. The summed E-state index contributed by atoms with van der Waals surface area (Å²) in [6.07, 6.45) is 4.64. The zero-order valence-electron chi connectivity index (χ0n) is 11.5. The summed E-state index contributed by atoms with van der Waals surface area (Å²) in [5.74, 6) is -0.264. The van der Waals surface area contributed by atoms with E-state index in [1.807, 2.05) is 17.8 Å². The van der Waals surface area contributed by atoms with Gasteiger partial charge < -0.3 is 14.4 Å². The number of carbonyl (C=O) groups is 1. The number of aromatic nitrogens is 2. The van der Waals surface area contributed by atoms with Crippen LogP contribution in [0.15, 0.2) is 12.4 Å². The molecule has 6 nitrogen and oxygen atoms in total. The molecule has 2 atom stereocenters. The number of carboxylic acids is 1. The van der Waals surface area contributed by atoms with E-state index in [0.29, 0.717) is 19.8 Å². The third-order valence-electron chi connectivity index (χ3n) is 3.61. The minimum absolute atomic E-state index is 0.0610. The third-order valence-corrected chi connectivity index (χ3v) is 3.61. The van der Waals surface area contributed by atoms with Crippen molar-refractivity contribution < 1.29 is 14.6 Å². The second-order valence-electron chi connectivity index (χ2n) is 4.97. The number of aliphatic carboxylic acids is 1. The summed E-state index contributed by atoms with van der Waals surface area (Å²) in [5.41, 5.74) is 0. The first kappa shape index (κ1) is 14.0. The van der Waals surface area contributed by atoms with Crippen LogP contribution >= 0.6 is 0 Å². The molecule has 1 aromatic heterocycles. The van der Waals surface area contributed by atoms with Crippen molar-refractivity contribution in [2.24, 2.45) is 13.0 Å². The Kier molecular flexibility index (Phi) is 4.55. The molecule has 1 aliphatic rings. The Morgan fingerprint density at radius 2 is 2.42 bits per heavy atom. The number of ether oxygens (including phenoxy) is 1. The van der Waals surface area contributed by atoms with E-state index in [1.165, 1.54) is 0 Å². The lowest BCUT2D eigenvalue weighted by atomic mass is 10.0. The molecule has 1 saturated heterocycles. The molecule has 2 heterocycles. The van der Waals surface area contributed by atoms with Crippen LogP contribution in [0.3, 0.4) is 0 Å². The molecule has 0 aromatic carbocycles. The van der Waals surface area contributed by atoms with Crippen LogP contribution in [0.1, 0.15) is 19.2 Å². The van der Waals surface area contributed by atoms with Crippen LogP contribution in [0.2, 0.25) is 0 Å². The Balaban J connectivity index is 2.11. The third kappa shape index (κ3) is 3.13.